The Kier molecular flexibility index (Phi) is 3.16. The molecule has 3 unspecified atom stereocenters. The van der Waals surface area contributed by atoms with Gasteiger partial charge in [-0.05, 0) is 55.7 Å². The molecule has 1 saturated heterocycles. The van der Waals surface area contributed by atoms with Gasteiger partial charge in [-0.3, -0.25) is 4.90 Å². The van der Waals surface area contributed by atoms with Crippen molar-refractivity contribution in [1.82, 2.24) is 4.90 Å². The number of benzene rings is 1. The SMILES string of the molecule is Cc1cccc(C(CN)N2CC3CCC2C3)c1C. The van der Waals surface area contributed by atoms with E-state index >= 15 is 0 Å². The zero-order chi connectivity index (χ0) is 12.7. The van der Waals surface area contributed by atoms with Crippen molar-refractivity contribution in [2.45, 2.75) is 45.2 Å². The van der Waals surface area contributed by atoms with Crippen LogP contribution in [0, 0.1) is 19.8 Å². The van der Waals surface area contributed by atoms with Gasteiger partial charge in [-0.2, -0.15) is 0 Å². The van der Waals surface area contributed by atoms with E-state index in [2.05, 4.69) is 36.9 Å². The Morgan fingerprint density at radius 1 is 1.33 bits per heavy atom. The highest BCUT2D eigenvalue weighted by Gasteiger charge is 2.41. The van der Waals surface area contributed by atoms with Crippen molar-refractivity contribution in [2.24, 2.45) is 11.7 Å². The van der Waals surface area contributed by atoms with E-state index in [1.165, 1.54) is 42.5 Å². The molecule has 98 valence electrons. The predicted octanol–water partition coefficient (Wildman–Crippen LogP) is 2.79. The maximum absolute atomic E-state index is 6.09. The molecule has 3 rings (SSSR count). The predicted molar refractivity (Wildman–Crippen MR) is 75.5 cm³/mol. The monoisotopic (exact) mass is 244 g/mol. The van der Waals surface area contributed by atoms with Crippen LogP contribution in [0.25, 0.3) is 0 Å². The molecule has 18 heavy (non-hydrogen) atoms. The molecule has 2 fully saturated rings. The van der Waals surface area contributed by atoms with Crippen LogP contribution in [0.15, 0.2) is 18.2 Å². The largest absolute Gasteiger partial charge is 0.329 e. The smallest absolute Gasteiger partial charge is 0.0476 e. The molecule has 0 amide bonds. The van der Waals surface area contributed by atoms with Crippen molar-refractivity contribution < 1.29 is 0 Å². The molecule has 1 heterocycles. The molecule has 0 spiro atoms. The quantitative estimate of drug-likeness (QED) is 0.886. The normalized spacial score (nSPS) is 28.8. The Balaban J connectivity index is 1.90. The fourth-order valence-corrected chi connectivity index (χ4v) is 3.92. The summed E-state index contributed by atoms with van der Waals surface area (Å²) in [5.41, 5.74) is 10.4. The van der Waals surface area contributed by atoms with E-state index in [-0.39, 0.29) is 0 Å². The summed E-state index contributed by atoms with van der Waals surface area (Å²) >= 11 is 0. The van der Waals surface area contributed by atoms with Crippen LogP contribution in [0.1, 0.15) is 42.0 Å². The number of fused-ring (bicyclic) bond motifs is 2. The third-order valence-corrected chi connectivity index (χ3v) is 5.08. The maximum atomic E-state index is 6.09. The first-order chi connectivity index (χ1) is 8.70. The fraction of sp³-hybridized carbons (Fsp3) is 0.625. The molecule has 1 aliphatic carbocycles. The average molecular weight is 244 g/mol. The molecule has 2 heteroatoms. The minimum atomic E-state index is 0.431. The highest BCUT2D eigenvalue weighted by molar-refractivity contribution is 5.36. The number of likely N-dealkylation sites (tertiary alicyclic amines) is 1. The van der Waals surface area contributed by atoms with Crippen molar-refractivity contribution in [3.8, 4) is 0 Å². The molecule has 0 radical (unpaired) electrons. The molecular formula is C16H24N2. The molecular weight excluding hydrogens is 220 g/mol. The number of piperidine rings is 1. The van der Waals surface area contributed by atoms with E-state index in [0.717, 1.165) is 18.5 Å². The van der Waals surface area contributed by atoms with Crippen LogP contribution in [0.5, 0.6) is 0 Å². The van der Waals surface area contributed by atoms with Crippen molar-refractivity contribution in [2.75, 3.05) is 13.1 Å². The minimum absolute atomic E-state index is 0.431. The molecule has 2 aliphatic rings. The molecule has 3 atom stereocenters. The molecule has 2 N–H and O–H groups in total. The molecule has 1 aliphatic heterocycles. The fourth-order valence-electron chi connectivity index (χ4n) is 3.92. The summed E-state index contributed by atoms with van der Waals surface area (Å²) in [7, 11) is 0. The summed E-state index contributed by atoms with van der Waals surface area (Å²) in [5.74, 6) is 0.939. The van der Waals surface area contributed by atoms with Gasteiger partial charge in [0.25, 0.3) is 0 Å². The average Bonchev–Trinajstić information content (AvgIpc) is 2.98. The summed E-state index contributed by atoms with van der Waals surface area (Å²) in [6.45, 7) is 6.44. The second-order valence-electron chi connectivity index (χ2n) is 6.07. The molecule has 1 aromatic carbocycles. The second-order valence-corrected chi connectivity index (χ2v) is 6.07. The Labute approximate surface area is 110 Å². The van der Waals surface area contributed by atoms with E-state index in [0.29, 0.717) is 6.04 Å². The van der Waals surface area contributed by atoms with Gasteiger partial charge < -0.3 is 5.73 Å². The van der Waals surface area contributed by atoms with Gasteiger partial charge in [0.15, 0.2) is 0 Å². The Morgan fingerprint density at radius 3 is 2.78 bits per heavy atom. The van der Waals surface area contributed by atoms with Crippen molar-refractivity contribution in [3.05, 3.63) is 34.9 Å². The zero-order valence-electron chi connectivity index (χ0n) is 11.5. The van der Waals surface area contributed by atoms with Gasteiger partial charge in [-0.25, -0.2) is 0 Å². The number of hydrogen-bond acceptors (Lipinski definition) is 2. The Morgan fingerprint density at radius 2 is 2.17 bits per heavy atom. The van der Waals surface area contributed by atoms with Crippen LogP contribution in [0.3, 0.4) is 0 Å². The maximum Gasteiger partial charge on any atom is 0.0476 e. The lowest BCUT2D eigenvalue weighted by Crippen LogP contribution is -2.39. The van der Waals surface area contributed by atoms with Crippen LogP contribution in [-0.4, -0.2) is 24.0 Å². The highest BCUT2D eigenvalue weighted by Crippen LogP contribution is 2.42. The van der Waals surface area contributed by atoms with E-state index < -0.39 is 0 Å². The lowest BCUT2D eigenvalue weighted by Gasteiger charge is -2.35. The summed E-state index contributed by atoms with van der Waals surface area (Å²) in [4.78, 5) is 2.68. The highest BCUT2D eigenvalue weighted by atomic mass is 15.2. The van der Waals surface area contributed by atoms with Gasteiger partial charge in [0.2, 0.25) is 0 Å². The lowest BCUT2D eigenvalue weighted by atomic mass is 9.95. The van der Waals surface area contributed by atoms with Gasteiger partial charge >= 0.3 is 0 Å². The number of aryl methyl sites for hydroxylation is 1. The van der Waals surface area contributed by atoms with E-state index in [1.54, 1.807) is 0 Å². The van der Waals surface area contributed by atoms with Crippen LogP contribution in [-0.2, 0) is 0 Å². The van der Waals surface area contributed by atoms with Crippen LogP contribution < -0.4 is 5.73 Å². The number of rotatable bonds is 3. The number of hydrogen-bond donors (Lipinski definition) is 1. The molecule has 2 bridgehead atoms. The van der Waals surface area contributed by atoms with Crippen LogP contribution in [0.4, 0.5) is 0 Å². The second kappa shape index (κ2) is 4.67. The third-order valence-electron chi connectivity index (χ3n) is 5.08. The first-order valence-corrected chi connectivity index (χ1v) is 7.22. The summed E-state index contributed by atoms with van der Waals surface area (Å²) in [6, 6.07) is 7.87. The third kappa shape index (κ3) is 1.88. The summed E-state index contributed by atoms with van der Waals surface area (Å²) in [6.07, 6.45) is 4.22. The molecule has 1 aromatic rings. The topological polar surface area (TPSA) is 29.3 Å². The van der Waals surface area contributed by atoms with Crippen molar-refractivity contribution >= 4 is 0 Å². The van der Waals surface area contributed by atoms with Gasteiger partial charge in [-0.1, -0.05) is 18.2 Å². The first-order valence-electron chi connectivity index (χ1n) is 7.22. The van der Waals surface area contributed by atoms with Gasteiger partial charge in [0.05, 0.1) is 0 Å². The summed E-state index contributed by atoms with van der Waals surface area (Å²) in [5, 5.41) is 0. The Bertz CT molecular complexity index is 441. The van der Waals surface area contributed by atoms with Gasteiger partial charge in [0, 0.05) is 25.2 Å². The molecule has 1 saturated carbocycles. The zero-order valence-corrected chi connectivity index (χ0v) is 11.5. The van der Waals surface area contributed by atoms with Crippen LogP contribution >= 0.6 is 0 Å². The van der Waals surface area contributed by atoms with Crippen LogP contribution in [0.2, 0.25) is 0 Å². The number of nitrogens with zero attached hydrogens (tertiary/aromatic N) is 1. The Hall–Kier alpha value is -0.860. The number of nitrogens with two attached hydrogens (primary N) is 1. The van der Waals surface area contributed by atoms with E-state index in [9.17, 15) is 0 Å². The lowest BCUT2D eigenvalue weighted by molar-refractivity contribution is 0.152. The molecule has 0 aromatic heterocycles. The summed E-state index contributed by atoms with van der Waals surface area (Å²) < 4.78 is 0. The minimum Gasteiger partial charge on any atom is -0.329 e. The van der Waals surface area contributed by atoms with E-state index in [1.807, 2.05) is 0 Å². The van der Waals surface area contributed by atoms with Crippen molar-refractivity contribution in [3.63, 3.8) is 0 Å². The van der Waals surface area contributed by atoms with Gasteiger partial charge in [-0.15, -0.1) is 0 Å². The standard InChI is InChI=1S/C16H24N2/c1-11-4-3-5-15(12(11)2)16(9-17)18-10-13-6-7-14(18)8-13/h3-5,13-14,16H,6-10,17H2,1-2H3. The first kappa shape index (κ1) is 12.2. The van der Waals surface area contributed by atoms with Crippen molar-refractivity contribution in [1.29, 1.82) is 0 Å². The van der Waals surface area contributed by atoms with E-state index in [4.69, 9.17) is 5.73 Å². The van der Waals surface area contributed by atoms with Gasteiger partial charge in [0.1, 0.15) is 0 Å². The molecule has 2 nitrogen and oxygen atoms in total.